The van der Waals surface area contributed by atoms with Gasteiger partial charge >= 0.3 is 5.51 Å². The Morgan fingerprint density at radius 2 is 1.00 bits per heavy atom. The number of para-hydroxylation sites is 2. The largest absolute Gasteiger partial charge is 0.446 e. The average molecular weight is 649 g/mol. The van der Waals surface area contributed by atoms with Crippen molar-refractivity contribution in [3.05, 3.63) is 145 Å². The number of rotatable bonds is 3. The van der Waals surface area contributed by atoms with Crippen molar-refractivity contribution in [3.63, 3.8) is 0 Å². The summed E-state index contributed by atoms with van der Waals surface area (Å²) in [4.78, 5) is 4.51. The van der Waals surface area contributed by atoms with Gasteiger partial charge in [-0.1, -0.05) is 108 Å². The minimum absolute atomic E-state index is 0.0567. The smallest absolute Gasteiger partial charge is 0.311 e. The quantitative estimate of drug-likeness (QED) is 0.139. The Morgan fingerprint density at radius 3 is 1.44 bits per heavy atom. The van der Waals surface area contributed by atoms with Gasteiger partial charge in [-0.15, -0.1) is 0 Å². The van der Waals surface area contributed by atoms with E-state index in [0.717, 1.165) is 83.2 Å². The van der Waals surface area contributed by atoms with Crippen LogP contribution in [-0.4, -0.2) is 12.2 Å². The molecular weight excluding hydrogens is 620 g/mol. The van der Waals surface area contributed by atoms with E-state index >= 15 is 0 Å². The molecule has 0 aliphatic carbocycles. The maximum Gasteiger partial charge on any atom is 0.446 e. The van der Waals surface area contributed by atoms with E-state index in [1.54, 1.807) is 12.1 Å². The normalized spacial score (nSPS) is 13.5. The molecule has 232 valence electrons. The molecule has 7 aromatic carbocycles. The number of halogens is 3. The van der Waals surface area contributed by atoms with E-state index in [9.17, 15) is 13.2 Å². The second kappa shape index (κ2) is 10.7. The third kappa shape index (κ3) is 4.52. The van der Waals surface area contributed by atoms with E-state index in [4.69, 9.17) is 0 Å². The van der Waals surface area contributed by atoms with Crippen LogP contribution in [0.5, 0.6) is 0 Å². The van der Waals surface area contributed by atoms with E-state index < -0.39 is 5.51 Å². The highest BCUT2D eigenvalue weighted by atomic mass is 32.2. The lowest BCUT2D eigenvalue weighted by Crippen LogP contribution is -2.61. The third-order valence-corrected chi connectivity index (χ3v) is 10.3. The fraction of sp³-hybridized carbons (Fsp3) is 0.0732. The third-order valence-electron chi connectivity index (χ3n) is 9.57. The first-order chi connectivity index (χ1) is 23.2. The van der Waals surface area contributed by atoms with Gasteiger partial charge < -0.3 is 9.80 Å². The number of alkyl halides is 3. The number of hydrogen-bond acceptors (Lipinski definition) is 3. The van der Waals surface area contributed by atoms with Gasteiger partial charge in [-0.3, -0.25) is 0 Å². The van der Waals surface area contributed by atoms with Gasteiger partial charge in [0.05, 0.1) is 0 Å². The molecule has 48 heavy (non-hydrogen) atoms. The minimum atomic E-state index is -4.46. The van der Waals surface area contributed by atoms with Crippen molar-refractivity contribution in [2.75, 3.05) is 9.80 Å². The lowest BCUT2D eigenvalue weighted by molar-refractivity contribution is -0.0328. The molecule has 2 aliphatic heterocycles. The average Bonchev–Trinajstić information content (AvgIpc) is 3.07. The number of aryl methyl sites for hydroxylation is 2. The Balaban J connectivity index is 1.47. The van der Waals surface area contributed by atoms with Crippen LogP contribution in [0.2, 0.25) is 0 Å². The Hall–Kier alpha value is -5.14. The van der Waals surface area contributed by atoms with Crippen LogP contribution in [0.4, 0.5) is 47.3 Å². The van der Waals surface area contributed by atoms with Gasteiger partial charge in [0.2, 0.25) is 0 Å². The summed E-state index contributed by atoms with van der Waals surface area (Å²) in [5.41, 5.74) is 6.40. The molecule has 0 saturated heterocycles. The highest BCUT2D eigenvalue weighted by Gasteiger charge is 2.45. The van der Waals surface area contributed by atoms with Crippen LogP contribution in [-0.2, 0) is 0 Å². The van der Waals surface area contributed by atoms with Crippen molar-refractivity contribution < 1.29 is 13.2 Å². The number of thioether (sulfide) groups is 1. The molecule has 0 unspecified atom stereocenters. The maximum atomic E-state index is 14.2. The number of benzene rings is 7. The van der Waals surface area contributed by atoms with Crippen molar-refractivity contribution in [1.29, 1.82) is 0 Å². The molecule has 0 saturated carbocycles. The van der Waals surface area contributed by atoms with Gasteiger partial charge in [0, 0.05) is 49.8 Å². The summed E-state index contributed by atoms with van der Waals surface area (Å²) in [6, 6.07) is 45.2. The summed E-state index contributed by atoms with van der Waals surface area (Å²) in [5, 5.41) is 4.31. The number of fused-ring (bicyclic) bond motifs is 8. The van der Waals surface area contributed by atoms with Gasteiger partial charge in [0.25, 0.3) is 6.71 Å². The van der Waals surface area contributed by atoms with Crippen LogP contribution in [0.3, 0.4) is 0 Å². The number of nitrogens with zero attached hydrogens (tertiary/aromatic N) is 2. The zero-order valence-corrected chi connectivity index (χ0v) is 27.0. The predicted octanol–water partition coefficient (Wildman–Crippen LogP) is 10.3. The van der Waals surface area contributed by atoms with Gasteiger partial charge in [0.15, 0.2) is 0 Å². The number of hydrogen-bond donors (Lipinski definition) is 0. The van der Waals surface area contributed by atoms with E-state index in [1.165, 1.54) is 0 Å². The Labute approximate surface area is 281 Å². The Morgan fingerprint density at radius 1 is 0.542 bits per heavy atom. The van der Waals surface area contributed by atoms with E-state index in [-0.39, 0.29) is 23.4 Å². The molecule has 9 rings (SSSR count). The first-order valence-electron chi connectivity index (χ1n) is 16.0. The summed E-state index contributed by atoms with van der Waals surface area (Å²) >= 11 is -0.0567. The zero-order valence-electron chi connectivity index (χ0n) is 26.2. The molecule has 2 heterocycles. The SMILES string of the molecule is Cc1ccc2c3c(ccc2c1)B1c2ccc4cc(C)ccc4c2N(c2ccccc2)c2cc(SC(F)(F)F)cc(c21)N3c1ccccc1. The number of anilines is 6. The van der Waals surface area contributed by atoms with Gasteiger partial charge in [-0.05, 0) is 89.2 Å². The van der Waals surface area contributed by atoms with Crippen LogP contribution in [0, 0.1) is 13.8 Å². The van der Waals surface area contributed by atoms with Crippen LogP contribution >= 0.6 is 11.8 Å². The zero-order chi connectivity index (χ0) is 32.7. The second-order valence-electron chi connectivity index (χ2n) is 12.7. The monoisotopic (exact) mass is 648 g/mol. The first kappa shape index (κ1) is 29.0. The van der Waals surface area contributed by atoms with Gasteiger partial charge in [-0.25, -0.2) is 0 Å². The van der Waals surface area contributed by atoms with Crippen molar-refractivity contribution >= 4 is 90.5 Å². The molecule has 0 amide bonds. The van der Waals surface area contributed by atoms with E-state index in [0.29, 0.717) is 0 Å². The fourth-order valence-corrected chi connectivity index (χ4v) is 8.34. The molecule has 0 aromatic heterocycles. The summed E-state index contributed by atoms with van der Waals surface area (Å²) in [6.45, 7) is 3.96. The minimum Gasteiger partial charge on any atom is -0.311 e. The standard InChI is InChI=1S/C41H28BF3N2S/c1-25-13-17-32-27(21-25)15-19-34-39(32)46(29-9-5-3-6-10-29)36-23-31(48-41(43,44)45)24-37-38(36)42(34)35-20-16-28-22-26(2)14-18-33(28)40(35)47(37)30-11-7-4-8-12-30/h3-24H,1-2H3. The molecule has 0 bridgehead atoms. The molecular formula is C41H28BF3N2S. The van der Waals surface area contributed by atoms with Crippen LogP contribution in [0.25, 0.3) is 21.5 Å². The van der Waals surface area contributed by atoms with Crippen LogP contribution < -0.4 is 26.2 Å². The first-order valence-corrected chi connectivity index (χ1v) is 16.8. The lowest BCUT2D eigenvalue weighted by Gasteiger charge is -2.45. The van der Waals surface area contributed by atoms with Crippen LogP contribution in [0.15, 0.2) is 138 Å². The maximum absolute atomic E-state index is 14.2. The molecule has 7 heteroatoms. The molecule has 0 atom stereocenters. The van der Waals surface area contributed by atoms with E-state index in [1.807, 2.05) is 60.7 Å². The lowest BCUT2D eigenvalue weighted by atomic mass is 9.33. The molecule has 0 fully saturated rings. The topological polar surface area (TPSA) is 6.48 Å². The van der Waals surface area contributed by atoms with Crippen molar-refractivity contribution in [1.82, 2.24) is 0 Å². The van der Waals surface area contributed by atoms with Gasteiger partial charge in [-0.2, -0.15) is 13.2 Å². The summed E-state index contributed by atoms with van der Waals surface area (Å²) in [6.07, 6.45) is 0. The van der Waals surface area contributed by atoms with Crippen LogP contribution in [0.1, 0.15) is 11.1 Å². The fourth-order valence-electron chi connectivity index (χ4n) is 7.73. The highest BCUT2D eigenvalue weighted by Crippen LogP contribution is 2.50. The molecule has 2 nitrogen and oxygen atoms in total. The van der Waals surface area contributed by atoms with Crippen molar-refractivity contribution in [2.24, 2.45) is 0 Å². The van der Waals surface area contributed by atoms with Crippen molar-refractivity contribution in [3.8, 4) is 0 Å². The van der Waals surface area contributed by atoms with E-state index in [2.05, 4.69) is 84.3 Å². The molecule has 7 aromatic rings. The molecule has 0 radical (unpaired) electrons. The van der Waals surface area contributed by atoms with Crippen molar-refractivity contribution in [2.45, 2.75) is 24.3 Å². The second-order valence-corrected chi connectivity index (χ2v) is 13.8. The van der Waals surface area contributed by atoms with Gasteiger partial charge in [0.1, 0.15) is 0 Å². The molecule has 0 spiro atoms. The summed E-state index contributed by atoms with van der Waals surface area (Å²) in [5.74, 6) is 0. The molecule has 2 aliphatic rings. The predicted molar refractivity (Wildman–Crippen MR) is 197 cm³/mol. The Kier molecular flexibility index (Phi) is 6.47. The summed E-state index contributed by atoms with van der Waals surface area (Å²) in [7, 11) is 0. The highest BCUT2D eigenvalue weighted by molar-refractivity contribution is 8.00. The Bertz CT molecular complexity index is 2250. The molecule has 0 N–H and O–H groups in total. The summed E-state index contributed by atoms with van der Waals surface area (Å²) < 4.78 is 42.7.